The van der Waals surface area contributed by atoms with Crippen LogP contribution in [-0.4, -0.2) is 64.0 Å². The first-order chi connectivity index (χ1) is 12.5. The lowest BCUT2D eigenvalue weighted by atomic mass is 9.99. The Hall–Kier alpha value is -1.89. The van der Waals surface area contributed by atoms with Crippen molar-refractivity contribution in [2.24, 2.45) is 5.92 Å². The molecule has 7 heteroatoms. The van der Waals surface area contributed by atoms with E-state index < -0.39 is 5.91 Å². The predicted molar refractivity (Wildman–Crippen MR) is 99.4 cm³/mol. The fraction of sp³-hybridized carbons (Fsp3) is 0.737. The highest BCUT2D eigenvalue weighted by Gasteiger charge is 2.32. The van der Waals surface area contributed by atoms with Gasteiger partial charge < -0.3 is 15.1 Å². The molecule has 2 fully saturated rings. The van der Waals surface area contributed by atoms with Gasteiger partial charge in [0, 0.05) is 36.9 Å². The van der Waals surface area contributed by atoms with Gasteiger partial charge in [-0.05, 0) is 58.0 Å². The molecule has 26 heavy (non-hydrogen) atoms. The molecule has 1 aromatic heterocycles. The molecule has 1 unspecified atom stereocenters. The number of nitrogens with one attached hydrogen (secondary N) is 2. The van der Waals surface area contributed by atoms with E-state index in [1.165, 1.54) is 12.8 Å². The Morgan fingerprint density at radius 1 is 1.27 bits per heavy atom. The maximum Gasteiger partial charge on any atom is 0.312 e. The van der Waals surface area contributed by atoms with Crippen LogP contribution < -0.4 is 5.32 Å². The van der Waals surface area contributed by atoms with Crippen LogP contribution in [0.5, 0.6) is 0 Å². The standard InChI is InChI=1S/C19H31N5O2/c1-14-5-9-23(10-6-14)11-7-17-4-3-8-24(17)19(26)18(25)20-12-16-13-21-22-15(16)2/h13-14,17H,3-12H2,1-2H3,(H,20,25)(H,21,22). The molecule has 0 bridgehead atoms. The number of hydrogen-bond donors (Lipinski definition) is 2. The van der Waals surface area contributed by atoms with Gasteiger partial charge in [-0.25, -0.2) is 0 Å². The van der Waals surface area contributed by atoms with Crippen molar-refractivity contribution in [1.29, 1.82) is 0 Å². The van der Waals surface area contributed by atoms with Gasteiger partial charge in [-0.15, -0.1) is 0 Å². The average Bonchev–Trinajstić information content (AvgIpc) is 3.27. The molecule has 2 N–H and O–H groups in total. The highest BCUT2D eigenvalue weighted by atomic mass is 16.2. The highest BCUT2D eigenvalue weighted by Crippen LogP contribution is 2.22. The van der Waals surface area contributed by atoms with Crippen LogP contribution >= 0.6 is 0 Å². The van der Waals surface area contributed by atoms with Crippen molar-refractivity contribution in [3.63, 3.8) is 0 Å². The van der Waals surface area contributed by atoms with Crippen molar-refractivity contribution in [1.82, 2.24) is 25.3 Å². The number of H-pyrrole nitrogens is 1. The number of aryl methyl sites for hydroxylation is 1. The summed E-state index contributed by atoms with van der Waals surface area (Å²) in [4.78, 5) is 29.1. The van der Waals surface area contributed by atoms with Crippen LogP contribution in [0.2, 0.25) is 0 Å². The molecule has 0 saturated carbocycles. The average molecular weight is 361 g/mol. The first kappa shape index (κ1) is 18.9. The molecule has 0 spiro atoms. The zero-order valence-corrected chi connectivity index (χ0v) is 16.0. The summed E-state index contributed by atoms with van der Waals surface area (Å²) in [6.07, 6.45) is 7.17. The van der Waals surface area contributed by atoms with Crippen molar-refractivity contribution >= 4 is 11.8 Å². The zero-order chi connectivity index (χ0) is 18.5. The molecule has 2 amide bonds. The van der Waals surface area contributed by atoms with E-state index in [9.17, 15) is 9.59 Å². The van der Waals surface area contributed by atoms with Crippen LogP contribution in [-0.2, 0) is 16.1 Å². The predicted octanol–water partition coefficient (Wildman–Crippen LogP) is 1.45. The fourth-order valence-electron chi connectivity index (χ4n) is 3.96. The van der Waals surface area contributed by atoms with Crippen LogP contribution in [0.15, 0.2) is 6.20 Å². The lowest BCUT2D eigenvalue weighted by molar-refractivity contribution is -0.146. The number of hydrogen-bond acceptors (Lipinski definition) is 4. The van der Waals surface area contributed by atoms with E-state index in [-0.39, 0.29) is 11.9 Å². The van der Waals surface area contributed by atoms with Gasteiger partial charge in [0.1, 0.15) is 0 Å². The van der Waals surface area contributed by atoms with Crippen molar-refractivity contribution in [2.45, 2.75) is 58.5 Å². The Balaban J connectivity index is 1.46. The van der Waals surface area contributed by atoms with Gasteiger partial charge in [0.25, 0.3) is 0 Å². The number of aromatic amines is 1. The third-order valence-corrected chi connectivity index (χ3v) is 5.86. The van der Waals surface area contributed by atoms with Crippen molar-refractivity contribution in [3.05, 3.63) is 17.5 Å². The fourth-order valence-corrected chi connectivity index (χ4v) is 3.96. The van der Waals surface area contributed by atoms with Gasteiger partial charge in [0.15, 0.2) is 0 Å². The SMILES string of the molecule is Cc1[nH]ncc1CNC(=O)C(=O)N1CCCC1CCN1CCC(C)CC1. The summed E-state index contributed by atoms with van der Waals surface area (Å²) in [6, 6.07) is 0.197. The molecule has 1 aromatic rings. The second kappa shape index (κ2) is 8.66. The van der Waals surface area contributed by atoms with Gasteiger partial charge in [0.2, 0.25) is 0 Å². The lowest BCUT2D eigenvalue weighted by Gasteiger charge is -2.32. The maximum absolute atomic E-state index is 12.6. The Kier molecular flexibility index (Phi) is 6.29. The van der Waals surface area contributed by atoms with E-state index in [0.717, 1.165) is 56.1 Å². The summed E-state index contributed by atoms with van der Waals surface area (Å²) < 4.78 is 0. The Labute approximate surface area is 155 Å². The van der Waals surface area contributed by atoms with E-state index in [4.69, 9.17) is 0 Å². The van der Waals surface area contributed by atoms with Crippen LogP contribution in [0.1, 0.15) is 50.3 Å². The van der Waals surface area contributed by atoms with E-state index in [0.29, 0.717) is 13.1 Å². The van der Waals surface area contributed by atoms with Crippen molar-refractivity contribution < 1.29 is 9.59 Å². The molecular weight excluding hydrogens is 330 g/mol. The monoisotopic (exact) mass is 361 g/mol. The number of aromatic nitrogens is 2. The number of likely N-dealkylation sites (tertiary alicyclic amines) is 2. The number of amides is 2. The number of rotatable bonds is 5. The Morgan fingerprint density at radius 2 is 2.04 bits per heavy atom. The summed E-state index contributed by atoms with van der Waals surface area (Å²) in [5.41, 5.74) is 1.82. The molecule has 3 rings (SSSR count). The minimum atomic E-state index is -0.510. The molecule has 7 nitrogen and oxygen atoms in total. The van der Waals surface area contributed by atoms with Crippen LogP contribution in [0.25, 0.3) is 0 Å². The van der Waals surface area contributed by atoms with Gasteiger partial charge in [0.05, 0.1) is 6.20 Å². The van der Waals surface area contributed by atoms with Gasteiger partial charge in [-0.2, -0.15) is 5.10 Å². The van der Waals surface area contributed by atoms with Crippen molar-refractivity contribution in [2.75, 3.05) is 26.2 Å². The molecule has 0 aliphatic carbocycles. The molecular formula is C19H31N5O2. The minimum Gasteiger partial charge on any atom is -0.344 e. The van der Waals surface area contributed by atoms with E-state index >= 15 is 0 Å². The Morgan fingerprint density at radius 3 is 2.73 bits per heavy atom. The summed E-state index contributed by atoms with van der Waals surface area (Å²) in [7, 11) is 0. The van der Waals surface area contributed by atoms with Crippen LogP contribution in [0.3, 0.4) is 0 Å². The summed E-state index contributed by atoms with van der Waals surface area (Å²) in [5, 5.41) is 9.50. The molecule has 3 heterocycles. The minimum absolute atomic E-state index is 0.197. The van der Waals surface area contributed by atoms with Gasteiger partial charge in [-0.1, -0.05) is 6.92 Å². The molecule has 0 aromatic carbocycles. The highest BCUT2D eigenvalue weighted by molar-refractivity contribution is 6.35. The number of nitrogens with zero attached hydrogens (tertiary/aromatic N) is 3. The second-order valence-corrected chi connectivity index (χ2v) is 7.81. The zero-order valence-electron chi connectivity index (χ0n) is 16.0. The largest absolute Gasteiger partial charge is 0.344 e. The number of piperidine rings is 1. The topological polar surface area (TPSA) is 81.3 Å². The maximum atomic E-state index is 12.6. The molecule has 2 saturated heterocycles. The summed E-state index contributed by atoms with van der Waals surface area (Å²) in [5.74, 6) is -0.0661. The number of carbonyl (C=O) groups excluding carboxylic acids is 2. The quantitative estimate of drug-likeness (QED) is 0.778. The van der Waals surface area contributed by atoms with Gasteiger partial charge >= 0.3 is 11.8 Å². The molecule has 1 atom stereocenters. The van der Waals surface area contributed by atoms with Crippen molar-refractivity contribution in [3.8, 4) is 0 Å². The lowest BCUT2D eigenvalue weighted by Crippen LogP contribution is -2.46. The van der Waals surface area contributed by atoms with E-state index in [1.807, 2.05) is 6.92 Å². The Bertz CT molecular complexity index is 621. The molecule has 144 valence electrons. The third kappa shape index (κ3) is 4.63. The van der Waals surface area contributed by atoms with Crippen LogP contribution in [0.4, 0.5) is 0 Å². The van der Waals surface area contributed by atoms with Crippen LogP contribution in [0, 0.1) is 12.8 Å². The number of carbonyl (C=O) groups is 2. The normalized spacial score (nSPS) is 21.9. The first-order valence-electron chi connectivity index (χ1n) is 9.84. The smallest absolute Gasteiger partial charge is 0.312 e. The molecule has 0 radical (unpaired) electrons. The summed E-state index contributed by atoms with van der Waals surface area (Å²) >= 11 is 0. The molecule has 2 aliphatic rings. The third-order valence-electron chi connectivity index (χ3n) is 5.86. The first-order valence-corrected chi connectivity index (χ1v) is 9.84. The second-order valence-electron chi connectivity index (χ2n) is 7.81. The van der Waals surface area contributed by atoms with Gasteiger partial charge in [-0.3, -0.25) is 14.7 Å². The molecule has 2 aliphatic heterocycles. The van der Waals surface area contributed by atoms with E-state index in [2.05, 4.69) is 27.3 Å². The van der Waals surface area contributed by atoms with E-state index in [1.54, 1.807) is 11.1 Å². The summed E-state index contributed by atoms with van der Waals surface area (Å²) in [6.45, 7) is 8.58.